The first kappa shape index (κ1) is 9.77. The second kappa shape index (κ2) is 4.07. The van der Waals surface area contributed by atoms with Gasteiger partial charge < -0.3 is 4.52 Å². The van der Waals surface area contributed by atoms with Crippen LogP contribution in [0.4, 0.5) is 5.88 Å². The average Bonchev–Trinajstić information content (AvgIpc) is 2.50. The number of nitrogens with zero attached hydrogens (tertiary/aromatic N) is 1. The van der Waals surface area contributed by atoms with Crippen LogP contribution in [0.25, 0.3) is 0 Å². The molecule has 1 unspecified atom stereocenters. The minimum absolute atomic E-state index is 0.00417. The summed E-state index contributed by atoms with van der Waals surface area (Å²) in [5.74, 6) is 0.428. The van der Waals surface area contributed by atoms with Gasteiger partial charge in [-0.3, -0.25) is 10.1 Å². The Morgan fingerprint density at radius 2 is 2.46 bits per heavy atom. The zero-order valence-corrected chi connectivity index (χ0v) is 8.13. The zero-order chi connectivity index (χ0) is 9.84. The lowest BCUT2D eigenvalue weighted by molar-refractivity contribution is -0.119. The van der Waals surface area contributed by atoms with Crippen molar-refractivity contribution < 1.29 is 9.32 Å². The lowest BCUT2D eigenvalue weighted by atomic mass is 10.1. The van der Waals surface area contributed by atoms with Gasteiger partial charge in [0.25, 0.3) is 0 Å². The Morgan fingerprint density at radius 1 is 1.77 bits per heavy atom. The van der Waals surface area contributed by atoms with E-state index in [1.54, 1.807) is 6.20 Å². The van der Waals surface area contributed by atoms with Gasteiger partial charge in [-0.05, 0) is 13.3 Å². The van der Waals surface area contributed by atoms with E-state index in [0.717, 1.165) is 12.0 Å². The van der Waals surface area contributed by atoms with E-state index >= 15 is 0 Å². The van der Waals surface area contributed by atoms with Gasteiger partial charge in [0.05, 0.1) is 6.20 Å². The average molecular weight is 182 g/mol. The maximum atomic E-state index is 11.4. The van der Waals surface area contributed by atoms with Gasteiger partial charge in [0.2, 0.25) is 11.8 Å². The van der Waals surface area contributed by atoms with Gasteiger partial charge in [-0.25, -0.2) is 0 Å². The number of aryl methyl sites for hydroxylation is 1. The monoisotopic (exact) mass is 182 g/mol. The topological polar surface area (TPSA) is 55.1 Å². The molecule has 1 atom stereocenters. The molecular weight excluding hydrogens is 168 g/mol. The molecule has 13 heavy (non-hydrogen) atoms. The molecule has 1 N–H and O–H groups in total. The molecule has 1 aromatic rings. The molecular formula is C9H14N2O2. The number of rotatable bonds is 3. The Hall–Kier alpha value is -1.32. The summed E-state index contributed by atoms with van der Waals surface area (Å²) >= 11 is 0. The molecule has 1 rings (SSSR count). The third-order valence-electron chi connectivity index (χ3n) is 2.05. The van der Waals surface area contributed by atoms with Crippen LogP contribution < -0.4 is 5.32 Å². The van der Waals surface area contributed by atoms with Crippen molar-refractivity contribution in [2.24, 2.45) is 5.92 Å². The summed E-state index contributed by atoms with van der Waals surface area (Å²) in [6, 6.07) is 0. The Bertz CT molecular complexity index is 294. The lowest BCUT2D eigenvalue weighted by Crippen LogP contribution is -2.19. The summed E-state index contributed by atoms with van der Waals surface area (Å²) in [4.78, 5) is 11.4. The van der Waals surface area contributed by atoms with Crippen LogP contribution in [-0.2, 0) is 4.79 Å². The number of nitrogens with one attached hydrogen (secondary N) is 1. The van der Waals surface area contributed by atoms with Crippen LogP contribution in [0.5, 0.6) is 0 Å². The van der Waals surface area contributed by atoms with Crippen LogP contribution in [0, 0.1) is 12.8 Å². The zero-order valence-electron chi connectivity index (χ0n) is 8.13. The highest BCUT2D eigenvalue weighted by atomic mass is 16.5. The molecule has 4 nitrogen and oxygen atoms in total. The van der Waals surface area contributed by atoms with Gasteiger partial charge in [-0.1, -0.05) is 19.0 Å². The quantitative estimate of drug-likeness (QED) is 0.777. The maximum Gasteiger partial charge on any atom is 0.234 e. The molecule has 1 aromatic heterocycles. The normalized spacial score (nSPS) is 12.5. The summed E-state index contributed by atoms with van der Waals surface area (Å²) in [5.41, 5.74) is 0.844. The van der Waals surface area contributed by atoms with E-state index in [1.165, 1.54) is 0 Å². The Labute approximate surface area is 77.3 Å². The van der Waals surface area contributed by atoms with E-state index < -0.39 is 0 Å². The van der Waals surface area contributed by atoms with Crippen LogP contribution in [0.2, 0.25) is 0 Å². The molecule has 1 heterocycles. The summed E-state index contributed by atoms with van der Waals surface area (Å²) in [6.07, 6.45) is 2.39. The third kappa shape index (κ3) is 2.31. The third-order valence-corrected chi connectivity index (χ3v) is 2.05. The van der Waals surface area contributed by atoms with E-state index in [0.29, 0.717) is 5.88 Å². The van der Waals surface area contributed by atoms with Gasteiger partial charge in [0.1, 0.15) is 0 Å². The van der Waals surface area contributed by atoms with Crippen molar-refractivity contribution in [2.45, 2.75) is 27.2 Å². The molecule has 0 saturated heterocycles. The fraction of sp³-hybridized carbons (Fsp3) is 0.556. The second-order valence-corrected chi connectivity index (χ2v) is 3.14. The predicted molar refractivity (Wildman–Crippen MR) is 49.3 cm³/mol. The van der Waals surface area contributed by atoms with E-state index in [1.807, 2.05) is 20.8 Å². The highest BCUT2D eigenvalue weighted by Gasteiger charge is 2.13. The number of amides is 1. The molecule has 0 aliphatic rings. The first-order valence-corrected chi connectivity index (χ1v) is 4.37. The minimum atomic E-state index is -0.0256. The standard InChI is InChI=1S/C9H14N2O2/c1-4-6(2)8(12)11-9-7(3)5-10-13-9/h5-6H,4H2,1-3H3,(H,11,12). The molecule has 0 aliphatic carbocycles. The van der Waals surface area contributed by atoms with E-state index in [2.05, 4.69) is 10.5 Å². The van der Waals surface area contributed by atoms with Crippen molar-refractivity contribution in [2.75, 3.05) is 5.32 Å². The molecule has 0 aliphatic heterocycles. The number of anilines is 1. The van der Waals surface area contributed by atoms with Crippen LogP contribution in [0.3, 0.4) is 0 Å². The van der Waals surface area contributed by atoms with Crippen molar-refractivity contribution >= 4 is 11.8 Å². The number of carbonyl (C=O) groups excluding carboxylic acids is 1. The van der Waals surface area contributed by atoms with Crippen molar-refractivity contribution in [3.8, 4) is 0 Å². The first-order chi connectivity index (χ1) is 6.15. The number of hydrogen-bond donors (Lipinski definition) is 1. The van der Waals surface area contributed by atoms with Crippen molar-refractivity contribution in [3.63, 3.8) is 0 Å². The minimum Gasteiger partial charge on any atom is -0.338 e. The molecule has 0 aromatic carbocycles. The molecule has 0 bridgehead atoms. The molecule has 1 amide bonds. The number of aromatic nitrogens is 1. The van der Waals surface area contributed by atoms with Crippen molar-refractivity contribution in [1.29, 1.82) is 0 Å². The molecule has 0 saturated carbocycles. The Kier molecular flexibility index (Phi) is 3.06. The van der Waals surface area contributed by atoms with Gasteiger partial charge in [-0.2, -0.15) is 0 Å². The van der Waals surface area contributed by atoms with Gasteiger partial charge in [0.15, 0.2) is 0 Å². The largest absolute Gasteiger partial charge is 0.338 e. The molecule has 0 spiro atoms. The van der Waals surface area contributed by atoms with E-state index in [9.17, 15) is 4.79 Å². The van der Waals surface area contributed by atoms with Crippen molar-refractivity contribution in [1.82, 2.24) is 5.16 Å². The van der Waals surface area contributed by atoms with Gasteiger partial charge >= 0.3 is 0 Å². The highest BCUT2D eigenvalue weighted by molar-refractivity contribution is 5.91. The summed E-state index contributed by atoms with van der Waals surface area (Å²) in [5, 5.41) is 6.24. The SMILES string of the molecule is CCC(C)C(=O)Nc1oncc1C. The first-order valence-electron chi connectivity index (χ1n) is 4.37. The van der Waals surface area contributed by atoms with Crippen LogP contribution in [0.15, 0.2) is 10.7 Å². The Balaban J connectivity index is 2.60. The summed E-state index contributed by atoms with van der Waals surface area (Å²) < 4.78 is 4.85. The van der Waals surface area contributed by atoms with E-state index in [4.69, 9.17) is 4.52 Å². The molecule has 72 valence electrons. The lowest BCUT2D eigenvalue weighted by Gasteiger charge is -2.06. The fourth-order valence-corrected chi connectivity index (χ4v) is 0.831. The van der Waals surface area contributed by atoms with Gasteiger partial charge in [0, 0.05) is 11.5 Å². The fourth-order valence-electron chi connectivity index (χ4n) is 0.831. The van der Waals surface area contributed by atoms with E-state index in [-0.39, 0.29) is 11.8 Å². The van der Waals surface area contributed by atoms with Crippen LogP contribution in [-0.4, -0.2) is 11.1 Å². The van der Waals surface area contributed by atoms with Gasteiger partial charge in [-0.15, -0.1) is 0 Å². The molecule has 4 heteroatoms. The Morgan fingerprint density at radius 3 is 2.92 bits per heavy atom. The van der Waals surface area contributed by atoms with Crippen molar-refractivity contribution in [3.05, 3.63) is 11.8 Å². The van der Waals surface area contributed by atoms with Crippen LogP contribution >= 0.6 is 0 Å². The molecule has 0 fully saturated rings. The predicted octanol–water partition coefficient (Wildman–Crippen LogP) is 1.97. The number of carbonyl (C=O) groups is 1. The highest BCUT2D eigenvalue weighted by Crippen LogP contribution is 2.14. The summed E-state index contributed by atoms with van der Waals surface area (Å²) in [7, 11) is 0. The number of hydrogen-bond acceptors (Lipinski definition) is 3. The summed E-state index contributed by atoms with van der Waals surface area (Å²) in [6.45, 7) is 5.68. The smallest absolute Gasteiger partial charge is 0.234 e. The molecule has 0 radical (unpaired) electrons. The van der Waals surface area contributed by atoms with Crippen LogP contribution in [0.1, 0.15) is 25.8 Å². The maximum absolute atomic E-state index is 11.4. The second-order valence-electron chi connectivity index (χ2n) is 3.14.